The molecule has 0 aliphatic rings. The van der Waals surface area contributed by atoms with Crippen LogP contribution in [0.15, 0.2) is 12.1 Å². The van der Waals surface area contributed by atoms with Crippen LogP contribution in [0, 0.1) is 16.7 Å². The van der Waals surface area contributed by atoms with Crippen molar-refractivity contribution in [1.82, 2.24) is 5.32 Å². The molecule has 0 aliphatic heterocycles. The second-order valence-corrected chi connectivity index (χ2v) is 5.79. The van der Waals surface area contributed by atoms with E-state index in [9.17, 15) is 4.79 Å². The minimum atomic E-state index is -0.808. The minimum absolute atomic E-state index is 0.0777. The molecule has 1 heterocycles. The van der Waals surface area contributed by atoms with E-state index >= 15 is 0 Å². The zero-order chi connectivity index (χ0) is 12.9. The maximum atomic E-state index is 10.5. The Hall–Kier alpha value is -1.38. The quantitative estimate of drug-likeness (QED) is 0.812. The number of carbonyl (C=O) groups is 1. The van der Waals surface area contributed by atoms with Gasteiger partial charge in [-0.25, -0.2) is 0 Å². The number of hydrogen-bond acceptors (Lipinski definition) is 4. The fourth-order valence-corrected chi connectivity index (χ4v) is 2.28. The van der Waals surface area contributed by atoms with E-state index in [0.29, 0.717) is 13.1 Å². The van der Waals surface area contributed by atoms with E-state index in [1.165, 1.54) is 11.3 Å². The Labute approximate surface area is 105 Å². The summed E-state index contributed by atoms with van der Waals surface area (Å²) in [5, 5.41) is 20.7. The predicted molar refractivity (Wildman–Crippen MR) is 66.8 cm³/mol. The van der Waals surface area contributed by atoms with Gasteiger partial charge in [0, 0.05) is 22.8 Å². The largest absolute Gasteiger partial charge is 0.481 e. The van der Waals surface area contributed by atoms with E-state index in [2.05, 4.69) is 11.4 Å². The highest BCUT2D eigenvalue weighted by Crippen LogP contribution is 2.17. The Morgan fingerprint density at radius 2 is 2.18 bits per heavy atom. The van der Waals surface area contributed by atoms with E-state index in [1.807, 2.05) is 26.0 Å². The topological polar surface area (TPSA) is 73.1 Å². The molecule has 0 spiro atoms. The van der Waals surface area contributed by atoms with Gasteiger partial charge in [0.2, 0.25) is 0 Å². The molecule has 0 fully saturated rings. The highest BCUT2D eigenvalue weighted by Gasteiger charge is 2.15. The normalized spacial score (nSPS) is 11.1. The van der Waals surface area contributed by atoms with Crippen LogP contribution in [0.1, 0.15) is 23.6 Å². The van der Waals surface area contributed by atoms with Gasteiger partial charge in [-0.2, -0.15) is 5.26 Å². The molecule has 92 valence electrons. The van der Waals surface area contributed by atoms with Crippen molar-refractivity contribution < 1.29 is 9.90 Å². The maximum absolute atomic E-state index is 10.5. The van der Waals surface area contributed by atoms with Gasteiger partial charge in [0.15, 0.2) is 0 Å². The molecule has 1 aromatic heterocycles. The van der Waals surface area contributed by atoms with Gasteiger partial charge in [-0.05, 0) is 26.0 Å². The third-order valence-corrected chi connectivity index (χ3v) is 3.30. The number of nitriles is 1. The molecule has 0 unspecified atom stereocenters. The summed E-state index contributed by atoms with van der Waals surface area (Å²) in [6, 6.07) is 5.99. The van der Waals surface area contributed by atoms with Crippen LogP contribution in [-0.4, -0.2) is 17.6 Å². The molecule has 0 saturated carbocycles. The van der Waals surface area contributed by atoms with Crippen LogP contribution in [0.5, 0.6) is 0 Å². The van der Waals surface area contributed by atoms with Crippen LogP contribution in [0.2, 0.25) is 0 Å². The molecule has 5 heteroatoms. The van der Waals surface area contributed by atoms with Gasteiger partial charge < -0.3 is 10.4 Å². The highest BCUT2D eigenvalue weighted by atomic mass is 32.1. The van der Waals surface area contributed by atoms with E-state index in [4.69, 9.17) is 10.4 Å². The first-order chi connectivity index (χ1) is 7.93. The fourth-order valence-electron chi connectivity index (χ4n) is 1.30. The molecule has 0 bridgehead atoms. The van der Waals surface area contributed by atoms with Crippen LogP contribution in [-0.2, 0) is 17.8 Å². The second-order valence-electron chi connectivity index (χ2n) is 4.54. The van der Waals surface area contributed by atoms with Crippen molar-refractivity contribution >= 4 is 17.3 Å². The third kappa shape index (κ3) is 4.98. The first-order valence-electron chi connectivity index (χ1n) is 5.34. The Bertz CT molecular complexity index is 432. The van der Waals surface area contributed by atoms with Crippen LogP contribution in [0.25, 0.3) is 0 Å². The molecule has 1 aromatic rings. The van der Waals surface area contributed by atoms with Crippen LogP contribution in [0.4, 0.5) is 0 Å². The number of carboxylic acid groups (broad SMARTS) is 1. The van der Waals surface area contributed by atoms with Crippen molar-refractivity contribution in [1.29, 1.82) is 5.26 Å². The first-order valence-corrected chi connectivity index (χ1v) is 6.16. The maximum Gasteiger partial charge on any atom is 0.308 e. The molecule has 0 saturated heterocycles. The van der Waals surface area contributed by atoms with Crippen molar-refractivity contribution in [3.8, 4) is 6.07 Å². The Morgan fingerprint density at radius 1 is 1.53 bits per heavy atom. The lowest BCUT2D eigenvalue weighted by molar-refractivity contribution is -0.136. The number of rotatable bonds is 6. The summed E-state index contributed by atoms with van der Waals surface area (Å²) in [6.45, 7) is 5.06. The van der Waals surface area contributed by atoms with Gasteiger partial charge >= 0.3 is 5.97 Å². The number of thiophene rings is 1. The number of carboxylic acids is 1. The summed E-state index contributed by atoms with van der Waals surface area (Å²) < 4.78 is 0. The Morgan fingerprint density at radius 3 is 2.76 bits per heavy atom. The predicted octanol–water partition coefficient (Wildman–Crippen LogP) is 2.01. The standard InChI is InChI=1S/C12H16N2O2S/c1-12(2,7-13)8-14-6-10-4-3-9(17-10)5-11(15)16/h3-4,14H,5-6,8H2,1-2H3,(H,15,16). The monoisotopic (exact) mass is 252 g/mol. The second kappa shape index (κ2) is 5.80. The molecular weight excluding hydrogens is 236 g/mol. The minimum Gasteiger partial charge on any atom is -0.481 e. The van der Waals surface area contributed by atoms with E-state index in [-0.39, 0.29) is 11.8 Å². The zero-order valence-electron chi connectivity index (χ0n) is 9.99. The summed E-state index contributed by atoms with van der Waals surface area (Å²) in [5.41, 5.74) is -0.374. The van der Waals surface area contributed by atoms with Crippen molar-refractivity contribution in [2.75, 3.05) is 6.54 Å². The number of nitrogens with one attached hydrogen (secondary N) is 1. The summed E-state index contributed by atoms with van der Waals surface area (Å²) in [4.78, 5) is 12.5. The molecule has 0 atom stereocenters. The molecule has 0 radical (unpaired) electrons. The van der Waals surface area contributed by atoms with Gasteiger partial charge in [-0.1, -0.05) is 0 Å². The lowest BCUT2D eigenvalue weighted by Crippen LogP contribution is -2.27. The number of aliphatic carboxylic acids is 1. The van der Waals surface area contributed by atoms with Crippen LogP contribution in [0.3, 0.4) is 0 Å². The molecule has 4 nitrogen and oxygen atoms in total. The lowest BCUT2D eigenvalue weighted by Gasteiger charge is -2.15. The summed E-state index contributed by atoms with van der Waals surface area (Å²) in [7, 11) is 0. The number of hydrogen-bond donors (Lipinski definition) is 2. The molecule has 17 heavy (non-hydrogen) atoms. The number of nitrogens with zero attached hydrogens (tertiary/aromatic N) is 1. The zero-order valence-corrected chi connectivity index (χ0v) is 10.8. The molecule has 0 aromatic carbocycles. The van der Waals surface area contributed by atoms with E-state index in [0.717, 1.165) is 9.75 Å². The van der Waals surface area contributed by atoms with E-state index in [1.54, 1.807) is 0 Å². The highest BCUT2D eigenvalue weighted by molar-refractivity contribution is 7.12. The van der Waals surface area contributed by atoms with Gasteiger partial charge in [0.05, 0.1) is 17.9 Å². The Balaban J connectivity index is 2.40. The molecule has 2 N–H and O–H groups in total. The van der Waals surface area contributed by atoms with Crippen molar-refractivity contribution in [2.24, 2.45) is 5.41 Å². The summed E-state index contributed by atoms with van der Waals surface area (Å²) in [6.07, 6.45) is 0.0777. The van der Waals surface area contributed by atoms with Gasteiger partial charge in [0.1, 0.15) is 0 Å². The molecular formula is C12H16N2O2S. The summed E-state index contributed by atoms with van der Waals surface area (Å²) in [5.74, 6) is -0.808. The van der Waals surface area contributed by atoms with Crippen LogP contribution < -0.4 is 5.32 Å². The van der Waals surface area contributed by atoms with Gasteiger partial charge in [-0.15, -0.1) is 11.3 Å². The Kier molecular flexibility index (Phi) is 4.67. The first kappa shape index (κ1) is 13.7. The van der Waals surface area contributed by atoms with E-state index < -0.39 is 5.97 Å². The third-order valence-electron chi connectivity index (χ3n) is 2.21. The smallest absolute Gasteiger partial charge is 0.308 e. The fraction of sp³-hybridized carbons (Fsp3) is 0.500. The lowest BCUT2D eigenvalue weighted by atomic mass is 9.96. The van der Waals surface area contributed by atoms with Crippen molar-refractivity contribution in [3.63, 3.8) is 0 Å². The van der Waals surface area contributed by atoms with Crippen LogP contribution >= 0.6 is 11.3 Å². The molecule has 1 rings (SSSR count). The average molecular weight is 252 g/mol. The van der Waals surface area contributed by atoms with Gasteiger partial charge in [-0.3, -0.25) is 4.79 Å². The molecule has 0 aliphatic carbocycles. The van der Waals surface area contributed by atoms with Crippen molar-refractivity contribution in [2.45, 2.75) is 26.8 Å². The van der Waals surface area contributed by atoms with Crippen molar-refractivity contribution in [3.05, 3.63) is 21.9 Å². The molecule has 0 amide bonds. The average Bonchev–Trinajstić information content (AvgIpc) is 2.64. The van der Waals surface area contributed by atoms with Gasteiger partial charge in [0.25, 0.3) is 0 Å². The summed E-state index contributed by atoms with van der Waals surface area (Å²) >= 11 is 1.49. The SMILES string of the molecule is CC(C)(C#N)CNCc1ccc(CC(=O)O)s1.